The van der Waals surface area contributed by atoms with Crippen LogP contribution in [-0.2, 0) is 24.3 Å². The van der Waals surface area contributed by atoms with Gasteiger partial charge in [0.15, 0.2) is 0 Å². The molecule has 1 aromatic carbocycles. The first-order chi connectivity index (χ1) is 13.2. The van der Waals surface area contributed by atoms with Crippen LogP contribution in [0.3, 0.4) is 0 Å². The smallest absolute Gasteiger partial charge is 0.307 e. The van der Waals surface area contributed by atoms with Crippen LogP contribution in [0.15, 0.2) is 53.7 Å². The molecule has 10 heteroatoms. The van der Waals surface area contributed by atoms with Crippen molar-refractivity contribution >= 4 is 33.5 Å². The number of nitrogens with one attached hydrogen (secondary N) is 1. The van der Waals surface area contributed by atoms with E-state index in [0.717, 1.165) is 4.31 Å². The van der Waals surface area contributed by atoms with E-state index >= 15 is 0 Å². The van der Waals surface area contributed by atoms with E-state index in [1.807, 2.05) is 0 Å². The first-order valence-corrected chi connectivity index (χ1v) is 10.0. The highest BCUT2D eigenvalue weighted by atomic mass is 35.5. The Bertz CT molecular complexity index is 920. The van der Waals surface area contributed by atoms with E-state index < -0.39 is 34.5 Å². The normalized spacial score (nSPS) is 12.4. The summed E-state index contributed by atoms with van der Waals surface area (Å²) >= 11 is 5.87. The predicted octanol–water partition coefficient (Wildman–Crippen LogP) is 1.78. The Morgan fingerprint density at radius 2 is 1.93 bits per heavy atom. The molecule has 0 fully saturated rings. The number of carbonyl (C=O) groups is 2. The molecule has 0 spiro atoms. The number of pyridine rings is 1. The molecule has 0 bridgehead atoms. The minimum atomic E-state index is -3.87. The number of likely N-dealkylation sites (N-methyl/N-ethyl adjacent to an activating group) is 1. The number of methoxy groups -OCH3 is 1. The van der Waals surface area contributed by atoms with E-state index in [0.29, 0.717) is 10.6 Å². The largest absolute Gasteiger partial charge is 0.469 e. The molecule has 0 radical (unpaired) electrons. The monoisotopic (exact) mass is 425 g/mol. The van der Waals surface area contributed by atoms with E-state index in [4.69, 9.17) is 11.6 Å². The van der Waals surface area contributed by atoms with Gasteiger partial charge in [-0.25, -0.2) is 8.42 Å². The fraction of sp³-hybridized carbons (Fsp3) is 0.278. The van der Waals surface area contributed by atoms with Gasteiger partial charge in [-0.2, -0.15) is 4.31 Å². The van der Waals surface area contributed by atoms with Crippen LogP contribution >= 0.6 is 11.6 Å². The van der Waals surface area contributed by atoms with Crippen LogP contribution in [0.25, 0.3) is 0 Å². The molecule has 1 unspecified atom stereocenters. The van der Waals surface area contributed by atoms with Gasteiger partial charge in [-0.05, 0) is 29.8 Å². The number of amides is 1. The number of hydrogen-bond acceptors (Lipinski definition) is 6. The van der Waals surface area contributed by atoms with Crippen molar-refractivity contribution in [3.8, 4) is 0 Å². The average molecular weight is 426 g/mol. The van der Waals surface area contributed by atoms with E-state index in [2.05, 4.69) is 15.0 Å². The van der Waals surface area contributed by atoms with Crippen molar-refractivity contribution < 1.29 is 22.7 Å². The van der Waals surface area contributed by atoms with Gasteiger partial charge in [-0.15, -0.1) is 0 Å². The SMILES string of the molecule is COC(=O)CC(NC(=O)CN(C)S(=O)(=O)c1cccnc1)c1ccc(Cl)cc1. The quantitative estimate of drug-likeness (QED) is 0.646. The van der Waals surface area contributed by atoms with Gasteiger partial charge >= 0.3 is 5.97 Å². The molecule has 2 rings (SSSR count). The lowest BCUT2D eigenvalue weighted by molar-refractivity contribution is -0.141. The summed E-state index contributed by atoms with van der Waals surface area (Å²) in [6.45, 7) is -0.428. The molecular formula is C18H20ClN3O5S. The summed E-state index contributed by atoms with van der Waals surface area (Å²) in [5.74, 6) is -1.09. The molecule has 1 aromatic heterocycles. The Kier molecular flexibility index (Phi) is 7.50. The average Bonchev–Trinajstić information content (AvgIpc) is 2.68. The summed E-state index contributed by atoms with van der Waals surface area (Å²) in [6.07, 6.45) is 2.55. The Hall–Kier alpha value is -2.49. The van der Waals surface area contributed by atoms with Crippen molar-refractivity contribution in [2.75, 3.05) is 20.7 Å². The van der Waals surface area contributed by atoms with Gasteiger partial charge in [0.25, 0.3) is 0 Å². The van der Waals surface area contributed by atoms with E-state index in [1.165, 1.54) is 38.7 Å². The summed E-state index contributed by atoms with van der Waals surface area (Å²) in [5, 5.41) is 3.18. The molecule has 0 aliphatic rings. The van der Waals surface area contributed by atoms with E-state index in [9.17, 15) is 18.0 Å². The molecule has 1 amide bonds. The maximum absolute atomic E-state index is 12.5. The van der Waals surface area contributed by atoms with Gasteiger partial charge in [0, 0.05) is 24.5 Å². The first-order valence-electron chi connectivity index (χ1n) is 8.22. The second-order valence-electron chi connectivity index (χ2n) is 5.90. The molecule has 1 atom stereocenters. The van der Waals surface area contributed by atoms with Gasteiger partial charge in [-0.1, -0.05) is 23.7 Å². The molecule has 0 saturated heterocycles. The van der Waals surface area contributed by atoms with Gasteiger partial charge in [0.1, 0.15) is 4.90 Å². The van der Waals surface area contributed by atoms with Crippen LogP contribution < -0.4 is 5.32 Å². The third-order valence-corrected chi connectivity index (χ3v) is 5.95. The van der Waals surface area contributed by atoms with Crippen molar-refractivity contribution in [3.63, 3.8) is 0 Å². The highest BCUT2D eigenvalue weighted by Gasteiger charge is 2.25. The van der Waals surface area contributed by atoms with Crippen LogP contribution in [0.1, 0.15) is 18.0 Å². The van der Waals surface area contributed by atoms with Crippen LogP contribution in [0, 0.1) is 0 Å². The number of aromatic nitrogens is 1. The number of halogens is 1. The summed E-state index contributed by atoms with van der Waals surface area (Å²) in [7, 11) is -1.33. The van der Waals surface area contributed by atoms with Crippen molar-refractivity contribution in [1.82, 2.24) is 14.6 Å². The molecular weight excluding hydrogens is 406 g/mol. The number of rotatable bonds is 8. The van der Waals surface area contributed by atoms with E-state index in [1.54, 1.807) is 24.3 Å². The fourth-order valence-electron chi connectivity index (χ4n) is 2.40. The number of sulfonamides is 1. The Balaban J connectivity index is 2.12. The zero-order chi connectivity index (χ0) is 20.7. The highest BCUT2D eigenvalue weighted by Crippen LogP contribution is 2.20. The number of benzene rings is 1. The van der Waals surface area contributed by atoms with Crippen molar-refractivity contribution in [2.24, 2.45) is 0 Å². The maximum atomic E-state index is 12.5. The lowest BCUT2D eigenvalue weighted by Crippen LogP contribution is -2.40. The molecule has 150 valence electrons. The number of carbonyl (C=O) groups excluding carboxylic acids is 2. The van der Waals surface area contributed by atoms with Gasteiger partial charge < -0.3 is 10.1 Å². The lowest BCUT2D eigenvalue weighted by atomic mass is 10.0. The zero-order valence-electron chi connectivity index (χ0n) is 15.3. The fourth-order valence-corrected chi connectivity index (χ4v) is 3.62. The van der Waals surface area contributed by atoms with Crippen LogP contribution in [0.2, 0.25) is 5.02 Å². The second-order valence-corrected chi connectivity index (χ2v) is 8.38. The maximum Gasteiger partial charge on any atom is 0.307 e. The Morgan fingerprint density at radius 1 is 1.25 bits per heavy atom. The van der Waals surface area contributed by atoms with Gasteiger partial charge in [-0.3, -0.25) is 14.6 Å². The molecule has 0 aliphatic carbocycles. The van der Waals surface area contributed by atoms with Crippen molar-refractivity contribution in [1.29, 1.82) is 0 Å². The molecule has 1 N–H and O–H groups in total. The Morgan fingerprint density at radius 3 is 2.50 bits per heavy atom. The topological polar surface area (TPSA) is 106 Å². The zero-order valence-corrected chi connectivity index (χ0v) is 16.9. The van der Waals surface area contributed by atoms with E-state index in [-0.39, 0.29) is 11.3 Å². The molecule has 1 heterocycles. The van der Waals surface area contributed by atoms with Crippen LogP contribution in [0.5, 0.6) is 0 Å². The molecule has 0 aliphatic heterocycles. The van der Waals surface area contributed by atoms with Gasteiger partial charge in [0.2, 0.25) is 15.9 Å². The summed E-state index contributed by atoms with van der Waals surface area (Å²) in [4.78, 5) is 27.9. The minimum absolute atomic E-state index is 0.0193. The van der Waals surface area contributed by atoms with Crippen LogP contribution in [-0.4, -0.2) is 50.3 Å². The lowest BCUT2D eigenvalue weighted by Gasteiger charge is -2.21. The number of hydrogen-bond donors (Lipinski definition) is 1. The highest BCUT2D eigenvalue weighted by molar-refractivity contribution is 7.89. The molecule has 0 saturated carbocycles. The summed E-state index contributed by atoms with van der Waals surface area (Å²) in [6, 6.07) is 8.81. The standard InChI is InChI=1S/C18H20ClN3O5S/c1-22(28(25,26)15-4-3-9-20-11-15)12-17(23)21-16(10-18(24)27-2)13-5-7-14(19)8-6-13/h3-9,11,16H,10,12H2,1-2H3,(H,21,23). The number of nitrogens with zero attached hydrogens (tertiary/aromatic N) is 2. The molecule has 8 nitrogen and oxygen atoms in total. The van der Waals surface area contributed by atoms with Crippen molar-refractivity contribution in [3.05, 3.63) is 59.4 Å². The summed E-state index contributed by atoms with van der Waals surface area (Å²) < 4.78 is 30.6. The minimum Gasteiger partial charge on any atom is -0.469 e. The van der Waals surface area contributed by atoms with Gasteiger partial charge in [0.05, 0.1) is 26.1 Å². The van der Waals surface area contributed by atoms with Crippen LogP contribution in [0.4, 0.5) is 0 Å². The Labute approximate surface area is 168 Å². The third-order valence-electron chi connectivity index (χ3n) is 3.91. The number of esters is 1. The first kappa shape index (κ1) is 21.8. The third kappa shape index (κ3) is 5.75. The van der Waals surface area contributed by atoms with Crippen molar-refractivity contribution in [2.45, 2.75) is 17.4 Å². The molecule has 2 aromatic rings. The molecule has 28 heavy (non-hydrogen) atoms. The number of ether oxygens (including phenoxy) is 1. The second kappa shape index (κ2) is 9.63. The predicted molar refractivity (Wildman–Crippen MR) is 103 cm³/mol. The summed E-state index contributed by atoms with van der Waals surface area (Å²) in [5.41, 5.74) is 0.640.